The number of ether oxygens (including phenoxy) is 2. The van der Waals surface area contributed by atoms with Crippen LogP contribution in [-0.2, 0) is 9.53 Å². The van der Waals surface area contributed by atoms with Gasteiger partial charge in [0.05, 0.1) is 32.3 Å². The summed E-state index contributed by atoms with van der Waals surface area (Å²) in [5.41, 5.74) is 0.617. The van der Waals surface area contributed by atoms with Gasteiger partial charge in [0.15, 0.2) is 0 Å². The summed E-state index contributed by atoms with van der Waals surface area (Å²) in [5, 5.41) is 18.3. The minimum absolute atomic E-state index is 0.0445. The van der Waals surface area contributed by atoms with Gasteiger partial charge in [0, 0.05) is 11.7 Å². The van der Waals surface area contributed by atoms with Gasteiger partial charge in [-0.1, -0.05) is 31.4 Å². The molecule has 0 bridgehead atoms. The Kier molecular flexibility index (Phi) is 8.10. The number of hydrogen-bond donors (Lipinski definition) is 4. The van der Waals surface area contributed by atoms with Gasteiger partial charge >= 0.3 is 6.03 Å². The average molecular weight is 418 g/mol. The summed E-state index contributed by atoms with van der Waals surface area (Å²) in [6.45, 7) is -0.265. The fourth-order valence-corrected chi connectivity index (χ4v) is 3.85. The summed E-state index contributed by atoms with van der Waals surface area (Å²) in [5.74, 6) is 0.653. The maximum absolute atomic E-state index is 12.3. The second-order valence-corrected chi connectivity index (χ2v) is 7.74. The molecule has 0 saturated heterocycles. The van der Waals surface area contributed by atoms with E-state index in [0.29, 0.717) is 11.4 Å². The number of amides is 3. The standard InChI is InChI=1S/C22H31N3O5/c1-29-17-9-7-16(8-10-17)24-22(28)25-19-12-11-18(30-20(19)14-26)13-21(27)23-15-5-3-2-4-6-15/h7-12,15,18-20,26H,2-6,13-14H2,1H3,(H,23,27)(H2,24,25,28)/t18-,19-,20-/m1/s1. The van der Waals surface area contributed by atoms with Gasteiger partial charge in [0.2, 0.25) is 5.91 Å². The number of anilines is 1. The van der Waals surface area contributed by atoms with E-state index in [1.54, 1.807) is 43.5 Å². The molecule has 1 heterocycles. The van der Waals surface area contributed by atoms with Crippen LogP contribution >= 0.6 is 0 Å². The molecule has 0 radical (unpaired) electrons. The number of carbonyl (C=O) groups is 2. The smallest absolute Gasteiger partial charge is 0.319 e. The van der Waals surface area contributed by atoms with E-state index < -0.39 is 24.3 Å². The first kappa shape index (κ1) is 22.1. The maximum Gasteiger partial charge on any atom is 0.319 e. The van der Waals surface area contributed by atoms with Crippen molar-refractivity contribution in [1.29, 1.82) is 0 Å². The van der Waals surface area contributed by atoms with Gasteiger partial charge in [0.1, 0.15) is 11.9 Å². The quantitative estimate of drug-likeness (QED) is 0.509. The fourth-order valence-electron chi connectivity index (χ4n) is 3.85. The highest BCUT2D eigenvalue weighted by molar-refractivity contribution is 5.89. The van der Waals surface area contributed by atoms with Gasteiger partial charge < -0.3 is 30.5 Å². The summed E-state index contributed by atoms with van der Waals surface area (Å²) in [7, 11) is 1.58. The SMILES string of the molecule is COc1ccc(NC(=O)N[C@@H]2C=C[C@H](CC(=O)NC3CCCCC3)O[C@@H]2CO)cc1. The molecule has 1 aliphatic carbocycles. The zero-order chi connectivity index (χ0) is 21.3. The molecule has 30 heavy (non-hydrogen) atoms. The minimum atomic E-state index is -0.621. The van der Waals surface area contributed by atoms with Crippen LogP contribution in [0.5, 0.6) is 5.75 Å². The number of benzene rings is 1. The van der Waals surface area contributed by atoms with Crippen molar-refractivity contribution in [2.75, 3.05) is 19.0 Å². The number of urea groups is 1. The Morgan fingerprint density at radius 2 is 1.83 bits per heavy atom. The van der Waals surface area contributed by atoms with Crippen LogP contribution in [0.1, 0.15) is 38.5 Å². The number of methoxy groups -OCH3 is 1. The third-order valence-corrected chi connectivity index (χ3v) is 5.47. The first-order valence-electron chi connectivity index (χ1n) is 10.5. The number of hydrogen-bond acceptors (Lipinski definition) is 5. The molecular formula is C22H31N3O5. The number of carbonyl (C=O) groups excluding carboxylic acids is 2. The Morgan fingerprint density at radius 1 is 1.10 bits per heavy atom. The molecule has 1 aromatic carbocycles. The topological polar surface area (TPSA) is 109 Å². The lowest BCUT2D eigenvalue weighted by atomic mass is 9.95. The molecule has 1 aromatic rings. The number of aliphatic hydroxyl groups is 1. The van der Waals surface area contributed by atoms with Crippen molar-refractivity contribution < 1.29 is 24.2 Å². The third kappa shape index (κ3) is 6.47. The number of nitrogens with one attached hydrogen (secondary N) is 3. The van der Waals surface area contributed by atoms with Crippen LogP contribution in [0.4, 0.5) is 10.5 Å². The third-order valence-electron chi connectivity index (χ3n) is 5.47. The summed E-state index contributed by atoms with van der Waals surface area (Å²) < 4.78 is 10.9. The monoisotopic (exact) mass is 417 g/mol. The van der Waals surface area contributed by atoms with E-state index in [4.69, 9.17) is 9.47 Å². The van der Waals surface area contributed by atoms with E-state index >= 15 is 0 Å². The van der Waals surface area contributed by atoms with Crippen LogP contribution in [0.15, 0.2) is 36.4 Å². The Morgan fingerprint density at radius 3 is 2.50 bits per heavy atom. The predicted octanol–water partition coefficient (Wildman–Crippen LogP) is 2.34. The summed E-state index contributed by atoms with van der Waals surface area (Å²) >= 11 is 0. The summed E-state index contributed by atoms with van der Waals surface area (Å²) in [4.78, 5) is 24.6. The molecule has 1 fully saturated rings. The summed E-state index contributed by atoms with van der Waals surface area (Å²) in [6, 6.07) is 6.31. The first-order valence-corrected chi connectivity index (χ1v) is 10.5. The Balaban J connectivity index is 1.48. The molecule has 0 spiro atoms. The van der Waals surface area contributed by atoms with Crippen LogP contribution in [-0.4, -0.2) is 55.1 Å². The zero-order valence-electron chi connectivity index (χ0n) is 17.3. The van der Waals surface area contributed by atoms with Crippen molar-refractivity contribution in [3.05, 3.63) is 36.4 Å². The molecule has 3 amide bonds. The molecule has 2 aliphatic rings. The second-order valence-electron chi connectivity index (χ2n) is 7.74. The van der Waals surface area contributed by atoms with Crippen LogP contribution in [0.3, 0.4) is 0 Å². The van der Waals surface area contributed by atoms with E-state index in [1.807, 2.05) is 0 Å². The molecule has 8 nitrogen and oxygen atoms in total. The maximum atomic E-state index is 12.3. The van der Waals surface area contributed by atoms with E-state index in [2.05, 4.69) is 16.0 Å². The lowest BCUT2D eigenvalue weighted by Gasteiger charge is -2.32. The van der Waals surface area contributed by atoms with E-state index in [1.165, 1.54) is 6.42 Å². The molecule has 164 valence electrons. The zero-order valence-corrected chi connectivity index (χ0v) is 17.3. The van der Waals surface area contributed by atoms with Gasteiger partial charge in [-0.15, -0.1) is 0 Å². The molecule has 1 aliphatic heterocycles. The minimum Gasteiger partial charge on any atom is -0.497 e. The average Bonchev–Trinajstić information content (AvgIpc) is 2.76. The van der Waals surface area contributed by atoms with Gasteiger partial charge in [-0.2, -0.15) is 0 Å². The van der Waals surface area contributed by atoms with Crippen molar-refractivity contribution in [3.8, 4) is 5.75 Å². The van der Waals surface area contributed by atoms with Crippen LogP contribution in [0, 0.1) is 0 Å². The van der Waals surface area contributed by atoms with Gasteiger partial charge in [0.25, 0.3) is 0 Å². The molecule has 3 atom stereocenters. The van der Waals surface area contributed by atoms with Crippen molar-refractivity contribution in [3.63, 3.8) is 0 Å². The molecule has 0 aromatic heterocycles. The first-order chi connectivity index (χ1) is 14.6. The number of aliphatic hydroxyl groups excluding tert-OH is 1. The fraction of sp³-hybridized carbons (Fsp3) is 0.545. The van der Waals surface area contributed by atoms with Crippen LogP contribution in [0.25, 0.3) is 0 Å². The Hall–Kier alpha value is -2.58. The highest BCUT2D eigenvalue weighted by Gasteiger charge is 2.29. The van der Waals surface area contributed by atoms with E-state index in [0.717, 1.165) is 25.7 Å². The van der Waals surface area contributed by atoms with Gasteiger partial charge in [-0.25, -0.2) is 4.79 Å². The van der Waals surface area contributed by atoms with E-state index in [-0.39, 0.29) is 25.0 Å². The van der Waals surface area contributed by atoms with Crippen LogP contribution < -0.4 is 20.7 Å². The van der Waals surface area contributed by atoms with Crippen LogP contribution in [0.2, 0.25) is 0 Å². The van der Waals surface area contributed by atoms with E-state index in [9.17, 15) is 14.7 Å². The predicted molar refractivity (Wildman–Crippen MR) is 113 cm³/mol. The van der Waals surface area contributed by atoms with Crippen molar-refractivity contribution in [2.24, 2.45) is 0 Å². The lowest BCUT2D eigenvalue weighted by molar-refractivity contribution is -0.126. The lowest BCUT2D eigenvalue weighted by Crippen LogP contribution is -2.50. The molecule has 0 unspecified atom stereocenters. The van der Waals surface area contributed by atoms with Crippen molar-refractivity contribution in [2.45, 2.75) is 62.8 Å². The Bertz CT molecular complexity index is 731. The Labute approximate surface area is 177 Å². The van der Waals surface area contributed by atoms with Crippen molar-refractivity contribution in [1.82, 2.24) is 10.6 Å². The van der Waals surface area contributed by atoms with Gasteiger partial charge in [-0.05, 0) is 37.1 Å². The molecule has 8 heteroatoms. The summed E-state index contributed by atoms with van der Waals surface area (Å²) in [6.07, 6.45) is 8.31. The van der Waals surface area contributed by atoms with Crippen molar-refractivity contribution >= 4 is 17.6 Å². The normalized spacial score (nSPS) is 24.1. The highest BCUT2D eigenvalue weighted by Crippen LogP contribution is 2.20. The molecular weight excluding hydrogens is 386 g/mol. The molecule has 3 rings (SSSR count). The largest absolute Gasteiger partial charge is 0.497 e. The highest BCUT2D eigenvalue weighted by atomic mass is 16.5. The molecule has 4 N–H and O–H groups in total. The number of rotatable bonds is 7. The second kappa shape index (κ2) is 11.0. The van der Waals surface area contributed by atoms with Gasteiger partial charge in [-0.3, -0.25) is 4.79 Å². The molecule has 1 saturated carbocycles.